The van der Waals surface area contributed by atoms with E-state index in [1.54, 1.807) is 0 Å². The summed E-state index contributed by atoms with van der Waals surface area (Å²) >= 11 is 0. The summed E-state index contributed by atoms with van der Waals surface area (Å²) in [6.07, 6.45) is -2.74. The smallest absolute Gasteiger partial charge is 0.362 e. The molecule has 0 spiro atoms. The molecular formula is C10H17F3N2O2. The van der Waals surface area contributed by atoms with Gasteiger partial charge in [-0.3, -0.25) is 4.79 Å². The molecule has 0 saturated carbocycles. The van der Waals surface area contributed by atoms with Gasteiger partial charge in [0.1, 0.15) is 13.2 Å². The Balaban J connectivity index is 2.13. The van der Waals surface area contributed by atoms with Crippen molar-refractivity contribution in [1.82, 2.24) is 10.2 Å². The zero-order chi connectivity index (χ0) is 12.9. The van der Waals surface area contributed by atoms with Crippen LogP contribution in [0.3, 0.4) is 0 Å². The molecule has 0 aromatic heterocycles. The van der Waals surface area contributed by atoms with Gasteiger partial charge in [0.15, 0.2) is 0 Å². The van der Waals surface area contributed by atoms with E-state index in [0.29, 0.717) is 0 Å². The number of likely N-dealkylation sites (tertiary alicyclic amines) is 1. The average molecular weight is 254 g/mol. The van der Waals surface area contributed by atoms with E-state index in [4.69, 9.17) is 0 Å². The molecule has 1 aliphatic rings. The number of carbonyl (C=O) groups is 1. The van der Waals surface area contributed by atoms with Crippen LogP contribution in [0.5, 0.6) is 0 Å². The van der Waals surface area contributed by atoms with Gasteiger partial charge in [0.05, 0.1) is 0 Å². The van der Waals surface area contributed by atoms with Gasteiger partial charge in [0.2, 0.25) is 5.91 Å². The second-order valence-electron chi connectivity index (χ2n) is 4.25. The standard InChI is InChI=1S/C10H17F3N2O2/c1-15-4-2-8(3-5-15)14-9(16)6-17-7-10(11,12)13/h8H,2-7H2,1H3,(H,14,16). The fourth-order valence-electron chi connectivity index (χ4n) is 1.68. The lowest BCUT2D eigenvalue weighted by molar-refractivity contribution is -0.175. The van der Waals surface area contributed by atoms with Crippen molar-refractivity contribution in [1.29, 1.82) is 0 Å². The van der Waals surface area contributed by atoms with Gasteiger partial charge in [-0.25, -0.2) is 0 Å². The first kappa shape index (κ1) is 14.2. The van der Waals surface area contributed by atoms with Gasteiger partial charge < -0.3 is 15.0 Å². The first-order valence-corrected chi connectivity index (χ1v) is 5.49. The number of alkyl halides is 3. The molecule has 1 rings (SSSR count). The number of rotatable bonds is 4. The van der Waals surface area contributed by atoms with Crippen molar-refractivity contribution >= 4 is 5.91 Å². The van der Waals surface area contributed by atoms with Crippen molar-refractivity contribution in [2.45, 2.75) is 25.1 Å². The Morgan fingerprint density at radius 3 is 2.53 bits per heavy atom. The minimum absolute atomic E-state index is 0.0492. The summed E-state index contributed by atoms with van der Waals surface area (Å²) in [5.74, 6) is -0.483. The van der Waals surface area contributed by atoms with Crippen molar-refractivity contribution in [3.63, 3.8) is 0 Å². The average Bonchev–Trinajstić information content (AvgIpc) is 2.19. The van der Waals surface area contributed by atoms with Gasteiger partial charge >= 0.3 is 6.18 Å². The molecule has 1 aliphatic heterocycles. The van der Waals surface area contributed by atoms with E-state index in [-0.39, 0.29) is 6.04 Å². The summed E-state index contributed by atoms with van der Waals surface area (Å²) in [7, 11) is 1.99. The van der Waals surface area contributed by atoms with Gasteiger partial charge in [-0.1, -0.05) is 0 Å². The van der Waals surface area contributed by atoms with E-state index < -0.39 is 25.3 Å². The van der Waals surface area contributed by atoms with Crippen molar-refractivity contribution in [2.24, 2.45) is 0 Å². The second kappa shape index (κ2) is 6.20. The Hall–Kier alpha value is -0.820. The number of hydrogen-bond acceptors (Lipinski definition) is 3. The Morgan fingerprint density at radius 2 is 2.00 bits per heavy atom. The largest absolute Gasteiger partial charge is 0.411 e. The number of ether oxygens (including phenoxy) is 1. The van der Waals surface area contributed by atoms with Crippen molar-refractivity contribution in [3.8, 4) is 0 Å². The third-order valence-electron chi connectivity index (χ3n) is 2.58. The molecule has 100 valence electrons. The van der Waals surface area contributed by atoms with Crippen LogP contribution < -0.4 is 5.32 Å². The number of nitrogens with zero attached hydrogens (tertiary/aromatic N) is 1. The highest BCUT2D eigenvalue weighted by Gasteiger charge is 2.28. The first-order chi connectivity index (χ1) is 7.87. The molecule has 7 heteroatoms. The summed E-state index contributed by atoms with van der Waals surface area (Å²) < 4.78 is 39.5. The number of hydrogen-bond donors (Lipinski definition) is 1. The van der Waals surface area contributed by atoms with Crippen molar-refractivity contribution < 1.29 is 22.7 Å². The molecule has 0 aliphatic carbocycles. The van der Waals surface area contributed by atoms with Crippen LogP contribution >= 0.6 is 0 Å². The fourth-order valence-corrected chi connectivity index (χ4v) is 1.68. The van der Waals surface area contributed by atoms with E-state index in [1.807, 2.05) is 7.05 Å². The van der Waals surface area contributed by atoms with Crippen LogP contribution in [-0.2, 0) is 9.53 Å². The normalized spacial score (nSPS) is 19.3. The zero-order valence-corrected chi connectivity index (χ0v) is 9.72. The lowest BCUT2D eigenvalue weighted by Crippen LogP contribution is -2.44. The summed E-state index contributed by atoms with van der Waals surface area (Å²) in [6, 6.07) is 0.0492. The van der Waals surface area contributed by atoms with Crippen molar-refractivity contribution in [2.75, 3.05) is 33.4 Å². The number of piperidine rings is 1. The Morgan fingerprint density at radius 1 is 1.41 bits per heavy atom. The number of carbonyl (C=O) groups excluding carboxylic acids is 1. The Labute approximate surface area is 98.1 Å². The SMILES string of the molecule is CN1CCC(NC(=O)COCC(F)(F)F)CC1. The predicted molar refractivity (Wildman–Crippen MR) is 55.5 cm³/mol. The van der Waals surface area contributed by atoms with Gasteiger partial charge in [0.25, 0.3) is 0 Å². The Bertz CT molecular complexity index is 250. The molecule has 1 N–H and O–H groups in total. The molecule has 0 bridgehead atoms. The summed E-state index contributed by atoms with van der Waals surface area (Å²) in [5, 5.41) is 2.67. The van der Waals surface area contributed by atoms with Gasteiger partial charge in [-0.2, -0.15) is 13.2 Å². The van der Waals surface area contributed by atoms with Crippen LogP contribution in [0.2, 0.25) is 0 Å². The minimum atomic E-state index is -4.38. The van der Waals surface area contributed by atoms with E-state index in [0.717, 1.165) is 25.9 Å². The fraction of sp³-hybridized carbons (Fsp3) is 0.900. The number of halogens is 3. The highest BCUT2D eigenvalue weighted by molar-refractivity contribution is 5.77. The minimum Gasteiger partial charge on any atom is -0.362 e. The molecule has 17 heavy (non-hydrogen) atoms. The van der Waals surface area contributed by atoms with Crippen LogP contribution in [0.25, 0.3) is 0 Å². The molecule has 1 heterocycles. The molecular weight excluding hydrogens is 237 g/mol. The van der Waals surface area contributed by atoms with Gasteiger partial charge in [-0.15, -0.1) is 0 Å². The maximum Gasteiger partial charge on any atom is 0.411 e. The molecule has 1 saturated heterocycles. The van der Waals surface area contributed by atoms with Crippen LogP contribution in [0.4, 0.5) is 13.2 Å². The maximum atomic E-state index is 11.7. The zero-order valence-electron chi connectivity index (χ0n) is 9.72. The second-order valence-corrected chi connectivity index (χ2v) is 4.25. The molecule has 0 atom stereocenters. The molecule has 0 aromatic rings. The third-order valence-corrected chi connectivity index (χ3v) is 2.58. The molecule has 1 amide bonds. The van der Waals surface area contributed by atoms with Crippen LogP contribution in [0, 0.1) is 0 Å². The molecule has 0 radical (unpaired) electrons. The summed E-state index contributed by atoms with van der Waals surface area (Å²) in [4.78, 5) is 13.4. The number of nitrogens with one attached hydrogen (secondary N) is 1. The monoisotopic (exact) mass is 254 g/mol. The number of amides is 1. The predicted octanol–water partition coefficient (Wildman–Crippen LogP) is 0.776. The van der Waals surface area contributed by atoms with E-state index in [1.165, 1.54) is 0 Å². The topological polar surface area (TPSA) is 41.6 Å². The van der Waals surface area contributed by atoms with Gasteiger partial charge in [0, 0.05) is 6.04 Å². The van der Waals surface area contributed by atoms with E-state index in [9.17, 15) is 18.0 Å². The highest BCUT2D eigenvalue weighted by Crippen LogP contribution is 2.14. The Kier molecular flexibility index (Phi) is 5.20. The van der Waals surface area contributed by atoms with Gasteiger partial charge in [-0.05, 0) is 33.0 Å². The lowest BCUT2D eigenvalue weighted by Gasteiger charge is -2.29. The van der Waals surface area contributed by atoms with Crippen LogP contribution in [0.1, 0.15) is 12.8 Å². The third kappa shape index (κ3) is 6.48. The lowest BCUT2D eigenvalue weighted by atomic mass is 10.1. The summed E-state index contributed by atoms with van der Waals surface area (Å²) in [6.45, 7) is -0.150. The summed E-state index contributed by atoms with van der Waals surface area (Å²) in [5.41, 5.74) is 0. The van der Waals surface area contributed by atoms with E-state index >= 15 is 0 Å². The highest BCUT2D eigenvalue weighted by atomic mass is 19.4. The van der Waals surface area contributed by atoms with Crippen LogP contribution in [0.15, 0.2) is 0 Å². The molecule has 0 aromatic carbocycles. The van der Waals surface area contributed by atoms with Crippen LogP contribution in [-0.4, -0.2) is 56.4 Å². The molecule has 0 unspecified atom stereocenters. The molecule has 4 nitrogen and oxygen atoms in total. The van der Waals surface area contributed by atoms with E-state index in [2.05, 4.69) is 15.0 Å². The molecule has 1 fully saturated rings. The quantitative estimate of drug-likeness (QED) is 0.806. The maximum absolute atomic E-state index is 11.7. The van der Waals surface area contributed by atoms with Crippen molar-refractivity contribution in [3.05, 3.63) is 0 Å². The first-order valence-electron chi connectivity index (χ1n) is 5.49.